The summed E-state index contributed by atoms with van der Waals surface area (Å²) < 4.78 is 1.54. The van der Waals surface area contributed by atoms with Crippen LogP contribution in [0.1, 0.15) is 5.69 Å². The first-order chi connectivity index (χ1) is 7.06. The van der Waals surface area contributed by atoms with Crippen molar-refractivity contribution in [3.8, 4) is 10.7 Å². The smallest absolute Gasteiger partial charge is 0.171 e. The van der Waals surface area contributed by atoms with Crippen molar-refractivity contribution in [2.75, 3.05) is 0 Å². The maximum atomic E-state index is 5.94. The van der Waals surface area contributed by atoms with Crippen molar-refractivity contribution in [2.24, 2.45) is 0 Å². The van der Waals surface area contributed by atoms with E-state index in [1.165, 1.54) is 11.3 Å². The SMILES string of the molecule is Cc1cc(Cl)nc(-c2cc(Br)c(Cl)s2)n1. The van der Waals surface area contributed by atoms with Crippen LogP contribution in [0, 0.1) is 6.92 Å². The quantitative estimate of drug-likeness (QED) is 0.718. The second-order valence-corrected chi connectivity index (χ2v) is 5.78. The molecule has 0 aliphatic carbocycles. The average molecular weight is 324 g/mol. The van der Waals surface area contributed by atoms with E-state index in [9.17, 15) is 0 Å². The van der Waals surface area contributed by atoms with Crippen molar-refractivity contribution in [3.63, 3.8) is 0 Å². The molecule has 0 aliphatic rings. The molecule has 0 fully saturated rings. The predicted octanol–water partition coefficient (Wildman–Crippen LogP) is 4.58. The van der Waals surface area contributed by atoms with Crippen LogP contribution in [0.3, 0.4) is 0 Å². The highest BCUT2D eigenvalue weighted by Crippen LogP contribution is 2.36. The normalized spacial score (nSPS) is 10.7. The van der Waals surface area contributed by atoms with Crippen LogP contribution in [0.5, 0.6) is 0 Å². The highest BCUT2D eigenvalue weighted by Gasteiger charge is 2.10. The van der Waals surface area contributed by atoms with Crippen LogP contribution < -0.4 is 0 Å². The number of aryl methyl sites for hydroxylation is 1. The van der Waals surface area contributed by atoms with Crippen LogP contribution in [-0.2, 0) is 0 Å². The lowest BCUT2D eigenvalue weighted by atomic mass is 10.4. The second-order valence-electron chi connectivity index (χ2n) is 2.89. The molecule has 2 aromatic heterocycles. The summed E-state index contributed by atoms with van der Waals surface area (Å²) in [6.45, 7) is 1.88. The summed E-state index contributed by atoms with van der Waals surface area (Å²) in [6, 6.07) is 3.60. The highest BCUT2D eigenvalue weighted by molar-refractivity contribution is 9.10. The molecule has 0 aromatic carbocycles. The Morgan fingerprint density at radius 2 is 2.00 bits per heavy atom. The third-order valence-corrected chi connectivity index (χ3v) is 4.35. The molecule has 78 valence electrons. The van der Waals surface area contributed by atoms with Crippen molar-refractivity contribution in [2.45, 2.75) is 6.92 Å². The van der Waals surface area contributed by atoms with Gasteiger partial charge in [0.1, 0.15) is 9.49 Å². The largest absolute Gasteiger partial charge is 0.233 e. The number of hydrogen-bond acceptors (Lipinski definition) is 3. The summed E-state index contributed by atoms with van der Waals surface area (Å²) in [5.41, 5.74) is 0.839. The number of aromatic nitrogens is 2. The third-order valence-electron chi connectivity index (χ3n) is 1.69. The zero-order valence-corrected chi connectivity index (χ0v) is 11.5. The summed E-state index contributed by atoms with van der Waals surface area (Å²) >= 11 is 16.6. The Labute approximate surface area is 109 Å². The fourth-order valence-corrected chi connectivity index (χ4v) is 2.97. The summed E-state index contributed by atoms with van der Waals surface area (Å²) in [5, 5.41) is 0.443. The van der Waals surface area contributed by atoms with Gasteiger partial charge in [-0.3, -0.25) is 0 Å². The number of rotatable bonds is 1. The predicted molar refractivity (Wildman–Crippen MR) is 67.8 cm³/mol. The molecule has 0 unspecified atom stereocenters. The topological polar surface area (TPSA) is 25.8 Å². The molecule has 0 N–H and O–H groups in total. The van der Waals surface area contributed by atoms with Gasteiger partial charge in [-0.1, -0.05) is 23.2 Å². The van der Waals surface area contributed by atoms with E-state index in [1.54, 1.807) is 6.07 Å². The van der Waals surface area contributed by atoms with Crippen molar-refractivity contribution >= 4 is 50.5 Å². The second kappa shape index (κ2) is 4.37. The first-order valence-corrected chi connectivity index (χ1v) is 6.39. The van der Waals surface area contributed by atoms with Gasteiger partial charge in [0.2, 0.25) is 0 Å². The Hall–Kier alpha value is -0.160. The van der Waals surface area contributed by atoms with Crippen LogP contribution in [0.25, 0.3) is 10.7 Å². The van der Waals surface area contributed by atoms with E-state index < -0.39 is 0 Å². The van der Waals surface area contributed by atoms with Gasteiger partial charge in [0.25, 0.3) is 0 Å². The van der Waals surface area contributed by atoms with Crippen molar-refractivity contribution in [1.82, 2.24) is 9.97 Å². The first kappa shape index (κ1) is 11.3. The minimum atomic E-state index is 0.443. The van der Waals surface area contributed by atoms with Crippen molar-refractivity contribution in [3.05, 3.63) is 31.8 Å². The molecule has 0 saturated heterocycles. The molecule has 0 spiro atoms. The van der Waals surface area contributed by atoms with Gasteiger partial charge in [0.15, 0.2) is 5.82 Å². The van der Waals surface area contributed by atoms with Crippen LogP contribution >= 0.6 is 50.5 Å². The fraction of sp³-hybridized carbons (Fsp3) is 0.111. The molecule has 0 saturated carbocycles. The zero-order valence-electron chi connectivity index (χ0n) is 7.59. The molecule has 0 amide bonds. The lowest BCUT2D eigenvalue weighted by Crippen LogP contribution is -1.89. The number of thiophene rings is 1. The monoisotopic (exact) mass is 322 g/mol. The number of hydrogen-bond donors (Lipinski definition) is 0. The molecule has 0 aliphatic heterocycles. The van der Waals surface area contributed by atoms with Gasteiger partial charge < -0.3 is 0 Å². The van der Waals surface area contributed by atoms with Crippen LogP contribution in [-0.4, -0.2) is 9.97 Å². The molecular formula is C9H5BrCl2N2S. The van der Waals surface area contributed by atoms with Crippen LogP contribution in [0.2, 0.25) is 9.49 Å². The summed E-state index contributed by atoms with van der Waals surface area (Å²) in [5.74, 6) is 0.609. The molecule has 6 heteroatoms. The molecule has 15 heavy (non-hydrogen) atoms. The Morgan fingerprint density at radius 3 is 2.53 bits per heavy atom. The minimum Gasteiger partial charge on any atom is -0.233 e. The zero-order chi connectivity index (χ0) is 11.0. The van der Waals surface area contributed by atoms with Gasteiger partial charge in [0.05, 0.1) is 4.88 Å². The van der Waals surface area contributed by atoms with E-state index in [0.29, 0.717) is 15.3 Å². The molecule has 2 heterocycles. The number of nitrogens with zero attached hydrogens (tertiary/aromatic N) is 2. The molecule has 2 rings (SSSR count). The van der Waals surface area contributed by atoms with Gasteiger partial charge in [0, 0.05) is 10.2 Å². The summed E-state index contributed by atoms with van der Waals surface area (Å²) in [4.78, 5) is 9.34. The lowest BCUT2D eigenvalue weighted by molar-refractivity contribution is 1.12. The molecule has 0 radical (unpaired) electrons. The maximum Gasteiger partial charge on any atom is 0.171 e. The van der Waals surface area contributed by atoms with E-state index in [0.717, 1.165) is 15.0 Å². The first-order valence-electron chi connectivity index (χ1n) is 4.02. The Morgan fingerprint density at radius 1 is 1.27 bits per heavy atom. The highest BCUT2D eigenvalue weighted by atomic mass is 79.9. The van der Waals surface area contributed by atoms with Gasteiger partial charge in [-0.25, -0.2) is 9.97 Å². The van der Waals surface area contributed by atoms with Gasteiger partial charge in [-0.05, 0) is 35.0 Å². The minimum absolute atomic E-state index is 0.443. The van der Waals surface area contributed by atoms with E-state index in [4.69, 9.17) is 23.2 Å². The van der Waals surface area contributed by atoms with E-state index >= 15 is 0 Å². The third kappa shape index (κ3) is 2.50. The summed E-state index contributed by atoms with van der Waals surface area (Å²) in [7, 11) is 0. The molecule has 2 aromatic rings. The Kier molecular flexibility index (Phi) is 3.30. The summed E-state index contributed by atoms with van der Waals surface area (Å²) in [6.07, 6.45) is 0. The van der Waals surface area contributed by atoms with E-state index in [1.807, 2.05) is 13.0 Å². The molecule has 0 bridgehead atoms. The van der Waals surface area contributed by atoms with Crippen LogP contribution in [0.4, 0.5) is 0 Å². The van der Waals surface area contributed by atoms with Crippen molar-refractivity contribution in [1.29, 1.82) is 0 Å². The molecule has 0 atom stereocenters. The average Bonchev–Trinajstić information content (AvgIpc) is 2.45. The van der Waals surface area contributed by atoms with Crippen molar-refractivity contribution < 1.29 is 0 Å². The Balaban J connectivity index is 2.53. The lowest BCUT2D eigenvalue weighted by Gasteiger charge is -1.98. The standard InChI is InChI=1S/C9H5BrCl2N2S/c1-4-2-7(11)14-9(13-4)6-3-5(10)8(12)15-6/h2-3H,1H3. The molecular weight excluding hydrogens is 319 g/mol. The van der Waals surface area contributed by atoms with E-state index in [2.05, 4.69) is 25.9 Å². The maximum absolute atomic E-state index is 5.94. The van der Waals surface area contributed by atoms with E-state index in [-0.39, 0.29) is 0 Å². The fourth-order valence-electron chi connectivity index (χ4n) is 1.10. The van der Waals surface area contributed by atoms with Gasteiger partial charge >= 0.3 is 0 Å². The number of halogens is 3. The molecule has 2 nitrogen and oxygen atoms in total. The van der Waals surface area contributed by atoms with Gasteiger partial charge in [-0.15, -0.1) is 11.3 Å². The van der Waals surface area contributed by atoms with Crippen LogP contribution in [0.15, 0.2) is 16.6 Å². The Bertz CT molecular complexity index is 473. The van der Waals surface area contributed by atoms with Gasteiger partial charge in [-0.2, -0.15) is 0 Å².